The molecule has 1 heterocycles. The van der Waals surface area contributed by atoms with Crippen LogP contribution in [-0.4, -0.2) is 34.5 Å². The standard InChI is InChI=1S/C15H18N6O2/c16-11-14(15(17)20-9-3-1-2-4-10-20)19-18-12-5-7-13(8-6-12)21(22)23/h5-8,17-18H,1-4,9-10H2. The predicted octanol–water partition coefficient (Wildman–Crippen LogP) is 2.74. The molecule has 0 radical (unpaired) electrons. The Kier molecular flexibility index (Phi) is 5.63. The number of nitro benzene ring substituents is 1. The first-order valence-electron chi connectivity index (χ1n) is 7.44. The lowest BCUT2D eigenvalue weighted by Gasteiger charge is -2.21. The summed E-state index contributed by atoms with van der Waals surface area (Å²) >= 11 is 0. The molecule has 2 rings (SSSR count). The summed E-state index contributed by atoms with van der Waals surface area (Å²) < 4.78 is 0. The van der Waals surface area contributed by atoms with Crippen molar-refractivity contribution in [3.63, 3.8) is 0 Å². The molecular formula is C15H18N6O2. The van der Waals surface area contributed by atoms with Crippen molar-refractivity contribution in [2.45, 2.75) is 25.7 Å². The number of benzene rings is 1. The number of amidine groups is 1. The van der Waals surface area contributed by atoms with Gasteiger partial charge in [-0.05, 0) is 25.0 Å². The highest BCUT2D eigenvalue weighted by atomic mass is 16.6. The first-order chi connectivity index (χ1) is 11.1. The van der Waals surface area contributed by atoms with Gasteiger partial charge in [0.25, 0.3) is 5.69 Å². The van der Waals surface area contributed by atoms with Crippen LogP contribution in [0.5, 0.6) is 0 Å². The molecule has 8 nitrogen and oxygen atoms in total. The van der Waals surface area contributed by atoms with Crippen LogP contribution >= 0.6 is 0 Å². The van der Waals surface area contributed by atoms with Gasteiger partial charge in [0, 0.05) is 25.2 Å². The van der Waals surface area contributed by atoms with Crippen LogP contribution in [0.15, 0.2) is 29.4 Å². The maximum atomic E-state index is 10.6. The number of hydrogen-bond acceptors (Lipinski definition) is 6. The molecule has 0 amide bonds. The number of nitro groups is 1. The molecule has 0 aliphatic carbocycles. The van der Waals surface area contributed by atoms with Crippen molar-refractivity contribution in [2.75, 3.05) is 18.5 Å². The molecule has 0 saturated carbocycles. The number of anilines is 1. The van der Waals surface area contributed by atoms with E-state index in [1.54, 1.807) is 0 Å². The largest absolute Gasteiger partial charge is 0.355 e. The Hall–Kier alpha value is -2.95. The van der Waals surface area contributed by atoms with Gasteiger partial charge in [0.1, 0.15) is 6.07 Å². The van der Waals surface area contributed by atoms with Crippen LogP contribution in [0.3, 0.4) is 0 Å². The van der Waals surface area contributed by atoms with Gasteiger partial charge in [0.05, 0.1) is 10.6 Å². The Morgan fingerprint density at radius 2 is 1.87 bits per heavy atom. The van der Waals surface area contributed by atoms with Gasteiger partial charge < -0.3 is 4.90 Å². The molecule has 23 heavy (non-hydrogen) atoms. The Morgan fingerprint density at radius 1 is 1.26 bits per heavy atom. The number of likely N-dealkylation sites (tertiary alicyclic amines) is 1. The molecule has 1 fully saturated rings. The van der Waals surface area contributed by atoms with E-state index in [2.05, 4.69) is 10.5 Å². The van der Waals surface area contributed by atoms with Crippen molar-refractivity contribution < 1.29 is 4.92 Å². The van der Waals surface area contributed by atoms with E-state index in [1.807, 2.05) is 11.0 Å². The summed E-state index contributed by atoms with van der Waals surface area (Å²) in [6.07, 6.45) is 4.31. The second kappa shape index (κ2) is 7.89. The summed E-state index contributed by atoms with van der Waals surface area (Å²) in [4.78, 5) is 12.0. The minimum atomic E-state index is -0.483. The van der Waals surface area contributed by atoms with Crippen LogP contribution in [0.4, 0.5) is 11.4 Å². The SMILES string of the molecule is N#CC(=NNc1ccc([N+](=O)[O-])cc1)C(=N)N1CCCCCC1. The molecule has 0 spiro atoms. The Morgan fingerprint density at radius 3 is 2.39 bits per heavy atom. The van der Waals surface area contributed by atoms with E-state index in [-0.39, 0.29) is 17.2 Å². The molecular weight excluding hydrogens is 296 g/mol. The Labute approximate surface area is 134 Å². The monoisotopic (exact) mass is 314 g/mol. The lowest BCUT2D eigenvalue weighted by molar-refractivity contribution is -0.384. The van der Waals surface area contributed by atoms with Crippen LogP contribution in [0.1, 0.15) is 25.7 Å². The summed E-state index contributed by atoms with van der Waals surface area (Å²) in [7, 11) is 0. The lowest BCUT2D eigenvalue weighted by Crippen LogP contribution is -2.36. The van der Waals surface area contributed by atoms with Gasteiger partial charge in [0.15, 0.2) is 5.84 Å². The second-order valence-electron chi connectivity index (χ2n) is 5.24. The molecule has 1 saturated heterocycles. The number of nitriles is 1. The first kappa shape index (κ1) is 16.4. The third-order valence-corrected chi connectivity index (χ3v) is 3.63. The number of rotatable bonds is 4. The number of non-ortho nitro benzene ring substituents is 1. The fourth-order valence-electron chi connectivity index (χ4n) is 2.35. The number of nitrogens with one attached hydrogen (secondary N) is 2. The highest BCUT2D eigenvalue weighted by molar-refractivity contribution is 6.46. The topological polar surface area (TPSA) is 118 Å². The zero-order valence-corrected chi connectivity index (χ0v) is 12.7. The van der Waals surface area contributed by atoms with Gasteiger partial charge in [-0.1, -0.05) is 12.8 Å². The molecule has 0 atom stereocenters. The minimum absolute atomic E-state index is 0.00486. The second-order valence-corrected chi connectivity index (χ2v) is 5.24. The zero-order chi connectivity index (χ0) is 16.7. The molecule has 8 heteroatoms. The molecule has 0 aromatic heterocycles. The van der Waals surface area contributed by atoms with E-state index in [4.69, 9.17) is 5.41 Å². The van der Waals surface area contributed by atoms with E-state index >= 15 is 0 Å². The summed E-state index contributed by atoms with van der Waals surface area (Å²) in [6.45, 7) is 1.52. The van der Waals surface area contributed by atoms with Crippen LogP contribution in [0, 0.1) is 26.9 Å². The van der Waals surface area contributed by atoms with Crippen molar-refractivity contribution in [3.05, 3.63) is 34.4 Å². The maximum Gasteiger partial charge on any atom is 0.269 e. The highest BCUT2D eigenvalue weighted by Crippen LogP contribution is 2.15. The van der Waals surface area contributed by atoms with Gasteiger partial charge in [-0.15, -0.1) is 0 Å². The molecule has 2 N–H and O–H groups in total. The zero-order valence-electron chi connectivity index (χ0n) is 12.7. The number of hydrogen-bond donors (Lipinski definition) is 2. The summed E-state index contributed by atoms with van der Waals surface area (Å²) in [5.74, 6) is 0.115. The maximum absolute atomic E-state index is 10.6. The van der Waals surface area contributed by atoms with E-state index < -0.39 is 4.92 Å². The van der Waals surface area contributed by atoms with E-state index in [0.717, 1.165) is 38.8 Å². The molecule has 1 aliphatic rings. The first-order valence-corrected chi connectivity index (χ1v) is 7.44. The summed E-state index contributed by atoms with van der Waals surface area (Å²) in [5.41, 5.74) is 3.18. The molecule has 0 unspecified atom stereocenters. The van der Waals surface area contributed by atoms with Gasteiger partial charge in [0.2, 0.25) is 5.71 Å². The highest BCUT2D eigenvalue weighted by Gasteiger charge is 2.17. The fraction of sp³-hybridized carbons (Fsp3) is 0.400. The van der Waals surface area contributed by atoms with E-state index in [9.17, 15) is 15.4 Å². The molecule has 1 aromatic rings. The third-order valence-electron chi connectivity index (χ3n) is 3.63. The van der Waals surface area contributed by atoms with Gasteiger partial charge in [-0.25, -0.2) is 0 Å². The van der Waals surface area contributed by atoms with E-state index in [1.165, 1.54) is 24.3 Å². The van der Waals surface area contributed by atoms with Crippen LogP contribution < -0.4 is 5.43 Å². The van der Waals surface area contributed by atoms with Crippen molar-refractivity contribution in [1.82, 2.24) is 4.90 Å². The molecule has 120 valence electrons. The smallest absolute Gasteiger partial charge is 0.269 e. The number of nitrogens with zero attached hydrogens (tertiary/aromatic N) is 4. The van der Waals surface area contributed by atoms with Crippen molar-refractivity contribution >= 4 is 22.9 Å². The van der Waals surface area contributed by atoms with Crippen molar-refractivity contribution in [2.24, 2.45) is 5.10 Å². The van der Waals surface area contributed by atoms with Gasteiger partial charge in [-0.2, -0.15) is 10.4 Å². The Bertz CT molecular complexity index is 639. The van der Waals surface area contributed by atoms with Gasteiger partial charge in [-0.3, -0.25) is 20.9 Å². The predicted molar refractivity (Wildman–Crippen MR) is 87.5 cm³/mol. The quantitative estimate of drug-likeness (QED) is 0.383. The van der Waals surface area contributed by atoms with Crippen LogP contribution in [0.25, 0.3) is 0 Å². The van der Waals surface area contributed by atoms with Crippen LogP contribution in [-0.2, 0) is 0 Å². The average molecular weight is 314 g/mol. The average Bonchev–Trinajstić information content (AvgIpc) is 2.85. The molecule has 1 aliphatic heterocycles. The van der Waals surface area contributed by atoms with E-state index in [0.29, 0.717) is 5.69 Å². The molecule has 1 aromatic carbocycles. The third kappa shape index (κ3) is 4.51. The van der Waals surface area contributed by atoms with Crippen molar-refractivity contribution in [3.8, 4) is 6.07 Å². The molecule has 0 bridgehead atoms. The lowest BCUT2D eigenvalue weighted by atomic mass is 10.2. The summed E-state index contributed by atoms with van der Waals surface area (Å²) in [5, 5.41) is 31.9. The summed E-state index contributed by atoms with van der Waals surface area (Å²) in [6, 6.07) is 7.65. The Balaban J connectivity index is 2.04. The normalized spacial score (nSPS) is 15.4. The van der Waals surface area contributed by atoms with Gasteiger partial charge >= 0.3 is 0 Å². The fourth-order valence-corrected chi connectivity index (χ4v) is 2.35. The van der Waals surface area contributed by atoms with Crippen LogP contribution in [0.2, 0.25) is 0 Å². The minimum Gasteiger partial charge on any atom is -0.355 e. The van der Waals surface area contributed by atoms with Crippen molar-refractivity contribution in [1.29, 1.82) is 10.7 Å². The number of hydrazone groups is 1.